The number of halogens is 2. The summed E-state index contributed by atoms with van der Waals surface area (Å²) in [5.41, 5.74) is 1.56. The Labute approximate surface area is 159 Å². The van der Waals surface area contributed by atoms with E-state index >= 15 is 0 Å². The number of nitrogens with zero attached hydrogens (tertiary/aromatic N) is 2. The number of benzene rings is 2. The van der Waals surface area contributed by atoms with Crippen molar-refractivity contribution in [2.24, 2.45) is 0 Å². The first-order chi connectivity index (χ1) is 12.5. The first-order valence-electron chi connectivity index (χ1n) is 8.17. The summed E-state index contributed by atoms with van der Waals surface area (Å²) in [7, 11) is 0. The number of fused-ring (bicyclic) bond motifs is 2. The summed E-state index contributed by atoms with van der Waals surface area (Å²) in [5.74, 6) is 0.282. The highest BCUT2D eigenvalue weighted by molar-refractivity contribution is 6.42. The van der Waals surface area contributed by atoms with E-state index in [0.29, 0.717) is 33.1 Å². The van der Waals surface area contributed by atoms with Gasteiger partial charge >= 0.3 is 5.97 Å². The molecule has 0 saturated heterocycles. The standard InChI is InChI=1S/C19H14Cl2N2O3/c20-14-6-3-11(8-15(14)21)10-26-19(25)12-4-5-13-16(9-12)22-17-2-1-7-23(17)18(13)24/h3-6,8-9H,1-2,7,10H2. The molecule has 1 aliphatic rings. The molecule has 0 fully saturated rings. The Hall–Kier alpha value is -2.37. The molecule has 0 aliphatic carbocycles. The van der Waals surface area contributed by atoms with Crippen LogP contribution < -0.4 is 5.56 Å². The molecule has 0 atom stereocenters. The fourth-order valence-electron chi connectivity index (χ4n) is 3.07. The zero-order valence-electron chi connectivity index (χ0n) is 13.7. The van der Waals surface area contributed by atoms with Crippen LogP contribution in [0.1, 0.15) is 28.2 Å². The summed E-state index contributed by atoms with van der Waals surface area (Å²) in [6, 6.07) is 9.88. The molecule has 0 unspecified atom stereocenters. The summed E-state index contributed by atoms with van der Waals surface area (Å²) in [5, 5.41) is 1.36. The highest BCUT2D eigenvalue weighted by atomic mass is 35.5. The minimum atomic E-state index is -0.486. The molecule has 0 bridgehead atoms. The molecule has 5 nitrogen and oxygen atoms in total. The average Bonchev–Trinajstić information content (AvgIpc) is 3.11. The van der Waals surface area contributed by atoms with Crippen LogP contribution in [-0.4, -0.2) is 15.5 Å². The quantitative estimate of drug-likeness (QED) is 0.636. The lowest BCUT2D eigenvalue weighted by Gasteiger charge is -2.08. The van der Waals surface area contributed by atoms with Crippen LogP contribution in [0.3, 0.4) is 0 Å². The third-order valence-electron chi connectivity index (χ3n) is 4.41. The molecular weight excluding hydrogens is 375 g/mol. The Morgan fingerprint density at radius 2 is 2.00 bits per heavy atom. The number of hydrogen-bond donors (Lipinski definition) is 0. The Bertz CT molecular complexity index is 1090. The molecule has 0 radical (unpaired) electrons. The molecule has 1 aromatic heterocycles. The van der Waals surface area contributed by atoms with Crippen molar-refractivity contribution in [2.75, 3.05) is 0 Å². The smallest absolute Gasteiger partial charge is 0.338 e. The Morgan fingerprint density at radius 3 is 2.81 bits per heavy atom. The maximum atomic E-state index is 12.5. The largest absolute Gasteiger partial charge is 0.457 e. The summed E-state index contributed by atoms with van der Waals surface area (Å²) in [6.45, 7) is 0.776. The number of rotatable bonds is 3. The summed E-state index contributed by atoms with van der Waals surface area (Å²) in [6.07, 6.45) is 1.69. The van der Waals surface area contributed by atoms with Gasteiger partial charge in [0, 0.05) is 13.0 Å². The molecule has 132 valence electrons. The van der Waals surface area contributed by atoms with Crippen molar-refractivity contribution in [1.82, 2.24) is 9.55 Å². The number of hydrogen-bond acceptors (Lipinski definition) is 4. The number of esters is 1. The molecule has 0 N–H and O–H groups in total. The fraction of sp³-hybridized carbons (Fsp3) is 0.211. The molecule has 26 heavy (non-hydrogen) atoms. The molecule has 4 rings (SSSR count). The normalized spacial score (nSPS) is 13.0. The van der Waals surface area contributed by atoms with Crippen LogP contribution >= 0.6 is 23.2 Å². The molecule has 2 heterocycles. The van der Waals surface area contributed by atoms with E-state index in [4.69, 9.17) is 27.9 Å². The third kappa shape index (κ3) is 3.08. The molecule has 0 amide bonds. The molecule has 7 heteroatoms. The van der Waals surface area contributed by atoms with E-state index < -0.39 is 5.97 Å². The molecule has 0 spiro atoms. The summed E-state index contributed by atoms with van der Waals surface area (Å²) < 4.78 is 7.03. The Morgan fingerprint density at radius 1 is 1.15 bits per heavy atom. The highest BCUT2D eigenvalue weighted by Gasteiger charge is 2.17. The Balaban J connectivity index is 1.58. The van der Waals surface area contributed by atoms with Crippen molar-refractivity contribution < 1.29 is 9.53 Å². The van der Waals surface area contributed by atoms with E-state index in [1.807, 2.05) is 0 Å². The monoisotopic (exact) mass is 388 g/mol. The second-order valence-electron chi connectivity index (χ2n) is 6.14. The number of carbonyl (C=O) groups is 1. The molecule has 3 aromatic rings. The van der Waals surface area contributed by atoms with Gasteiger partial charge in [0.1, 0.15) is 12.4 Å². The van der Waals surface area contributed by atoms with E-state index in [1.165, 1.54) is 0 Å². The summed E-state index contributed by atoms with van der Waals surface area (Å²) in [4.78, 5) is 29.3. The lowest BCUT2D eigenvalue weighted by molar-refractivity contribution is 0.0473. The van der Waals surface area contributed by atoms with E-state index in [9.17, 15) is 9.59 Å². The van der Waals surface area contributed by atoms with Gasteiger partial charge in [-0.15, -0.1) is 0 Å². The van der Waals surface area contributed by atoms with Crippen molar-refractivity contribution in [3.05, 3.63) is 73.7 Å². The highest BCUT2D eigenvalue weighted by Crippen LogP contribution is 2.23. The van der Waals surface area contributed by atoms with Gasteiger partial charge in [0.2, 0.25) is 0 Å². The van der Waals surface area contributed by atoms with Crippen LogP contribution in [0, 0.1) is 0 Å². The zero-order valence-corrected chi connectivity index (χ0v) is 15.2. The van der Waals surface area contributed by atoms with Gasteiger partial charge in [0.05, 0.1) is 26.5 Å². The van der Waals surface area contributed by atoms with E-state index in [1.54, 1.807) is 41.0 Å². The second kappa shape index (κ2) is 6.74. The summed E-state index contributed by atoms with van der Waals surface area (Å²) >= 11 is 11.8. The van der Waals surface area contributed by atoms with Crippen molar-refractivity contribution in [1.29, 1.82) is 0 Å². The average molecular weight is 389 g/mol. The van der Waals surface area contributed by atoms with Crippen molar-refractivity contribution in [3.63, 3.8) is 0 Å². The maximum Gasteiger partial charge on any atom is 0.338 e. The van der Waals surface area contributed by atoms with Crippen molar-refractivity contribution in [3.8, 4) is 0 Å². The van der Waals surface area contributed by atoms with Gasteiger partial charge in [-0.25, -0.2) is 9.78 Å². The number of aromatic nitrogens is 2. The lowest BCUT2D eigenvalue weighted by atomic mass is 10.1. The van der Waals surface area contributed by atoms with Crippen LogP contribution in [0.2, 0.25) is 10.0 Å². The molecule has 0 saturated carbocycles. The van der Waals surface area contributed by atoms with Gasteiger partial charge < -0.3 is 4.74 Å². The number of ether oxygens (including phenoxy) is 1. The molecule has 1 aliphatic heterocycles. The van der Waals surface area contributed by atoms with Crippen molar-refractivity contribution in [2.45, 2.75) is 26.0 Å². The predicted molar refractivity (Wildman–Crippen MR) is 99.9 cm³/mol. The van der Waals surface area contributed by atoms with Crippen LogP contribution in [0.25, 0.3) is 10.9 Å². The minimum Gasteiger partial charge on any atom is -0.457 e. The SMILES string of the molecule is O=C(OCc1ccc(Cl)c(Cl)c1)c1ccc2c(=O)n3c(nc2c1)CCC3. The maximum absolute atomic E-state index is 12.5. The Kier molecular flexibility index (Phi) is 4.42. The predicted octanol–water partition coefficient (Wildman–Crippen LogP) is 4.01. The lowest BCUT2D eigenvalue weighted by Crippen LogP contribution is -2.21. The first kappa shape index (κ1) is 17.1. The topological polar surface area (TPSA) is 61.2 Å². The second-order valence-corrected chi connectivity index (χ2v) is 6.96. The minimum absolute atomic E-state index is 0.0572. The van der Waals surface area contributed by atoms with Gasteiger partial charge in [0.25, 0.3) is 5.56 Å². The van der Waals surface area contributed by atoms with Gasteiger partial charge in [-0.1, -0.05) is 29.3 Å². The van der Waals surface area contributed by atoms with Crippen LogP contribution in [-0.2, 0) is 24.3 Å². The molecule has 2 aromatic carbocycles. The fourth-order valence-corrected chi connectivity index (χ4v) is 3.39. The van der Waals surface area contributed by atoms with Gasteiger partial charge in [-0.2, -0.15) is 0 Å². The van der Waals surface area contributed by atoms with Crippen LogP contribution in [0.5, 0.6) is 0 Å². The van der Waals surface area contributed by atoms with Crippen LogP contribution in [0.15, 0.2) is 41.2 Å². The van der Waals surface area contributed by atoms with E-state index in [-0.39, 0.29) is 12.2 Å². The molecular formula is C19H14Cl2N2O3. The van der Waals surface area contributed by atoms with E-state index in [0.717, 1.165) is 24.2 Å². The van der Waals surface area contributed by atoms with E-state index in [2.05, 4.69) is 4.98 Å². The van der Waals surface area contributed by atoms with Gasteiger partial charge in [-0.3, -0.25) is 9.36 Å². The van der Waals surface area contributed by atoms with Gasteiger partial charge in [-0.05, 0) is 42.3 Å². The third-order valence-corrected chi connectivity index (χ3v) is 5.15. The van der Waals surface area contributed by atoms with Crippen LogP contribution in [0.4, 0.5) is 0 Å². The number of aryl methyl sites for hydroxylation is 1. The van der Waals surface area contributed by atoms with Crippen molar-refractivity contribution >= 4 is 40.1 Å². The zero-order chi connectivity index (χ0) is 18.3. The first-order valence-corrected chi connectivity index (χ1v) is 8.93. The number of carbonyl (C=O) groups excluding carboxylic acids is 1. The van der Waals surface area contributed by atoms with Gasteiger partial charge in [0.15, 0.2) is 0 Å².